The molecule has 0 spiro atoms. The first-order valence-electron chi connectivity index (χ1n) is 10.4. The average Bonchev–Trinajstić information content (AvgIpc) is 3.29. The number of benzene rings is 2. The van der Waals surface area contributed by atoms with Crippen molar-refractivity contribution in [2.75, 3.05) is 26.7 Å². The molecule has 32 heavy (non-hydrogen) atoms. The van der Waals surface area contributed by atoms with Gasteiger partial charge >= 0.3 is 37.9 Å². The van der Waals surface area contributed by atoms with Crippen molar-refractivity contribution in [3.63, 3.8) is 0 Å². The van der Waals surface area contributed by atoms with E-state index in [0.717, 1.165) is 9.52 Å². The van der Waals surface area contributed by atoms with Crippen LogP contribution >= 0.6 is 32.9 Å². The quantitative estimate of drug-likeness (QED) is 0.123. The van der Waals surface area contributed by atoms with E-state index >= 15 is 0 Å². The Labute approximate surface area is 219 Å². The number of hydrogen-bond acceptors (Lipinski definition) is 0. The number of fused-ring (bicyclic) bond motifs is 2. The molecular weight excluding hydrogens is 564 g/mol. The number of halogens is 2. The second kappa shape index (κ2) is 16.0. The van der Waals surface area contributed by atoms with Gasteiger partial charge < -0.3 is 0 Å². The van der Waals surface area contributed by atoms with Crippen molar-refractivity contribution in [3.05, 3.63) is 71.8 Å². The van der Waals surface area contributed by atoms with Crippen LogP contribution in [0.2, 0.25) is 13.1 Å². The third-order valence-corrected chi connectivity index (χ3v) is 7.41. The molecule has 0 aliphatic rings. The topological polar surface area (TPSA) is 0 Å². The fourth-order valence-corrected chi connectivity index (χ4v) is 5.64. The van der Waals surface area contributed by atoms with Gasteiger partial charge in [0.1, 0.15) is 0 Å². The van der Waals surface area contributed by atoms with Crippen molar-refractivity contribution < 1.29 is 20.8 Å². The Morgan fingerprint density at radius 2 is 1.03 bits per heavy atom. The molecule has 0 aromatic heterocycles. The summed E-state index contributed by atoms with van der Waals surface area (Å²) < 4.78 is 0. The van der Waals surface area contributed by atoms with Crippen LogP contribution in [-0.2, 0) is 20.8 Å². The molecule has 4 aromatic carbocycles. The Kier molecular flexibility index (Phi) is 15.1. The van der Waals surface area contributed by atoms with Crippen molar-refractivity contribution in [3.8, 4) is 0 Å². The number of rotatable bonds is 2. The van der Waals surface area contributed by atoms with Crippen LogP contribution in [0.3, 0.4) is 0 Å². The van der Waals surface area contributed by atoms with Crippen LogP contribution in [0.4, 0.5) is 0 Å². The molecule has 0 nitrogen and oxygen atoms in total. The molecule has 0 amide bonds. The summed E-state index contributed by atoms with van der Waals surface area (Å²) in [7, 11) is 11.0. The summed E-state index contributed by atoms with van der Waals surface area (Å²) in [5.74, 6) is 0. The van der Waals surface area contributed by atoms with E-state index in [0.29, 0.717) is 0 Å². The van der Waals surface area contributed by atoms with Gasteiger partial charge in [-0.05, 0) is 26.7 Å². The van der Waals surface area contributed by atoms with Crippen LogP contribution in [0, 0.1) is 13.8 Å². The van der Waals surface area contributed by atoms with E-state index in [4.69, 9.17) is 17.0 Å². The number of hydrogen-bond donors (Lipinski definition) is 0. The van der Waals surface area contributed by atoms with Gasteiger partial charge in [-0.3, -0.25) is 0 Å². The first-order valence-corrected chi connectivity index (χ1v) is 23.2. The van der Waals surface area contributed by atoms with Gasteiger partial charge in [0.05, 0.1) is 0 Å². The van der Waals surface area contributed by atoms with Crippen LogP contribution in [0.25, 0.3) is 21.5 Å². The molecular formula is C26H34Cl2P2SiZr. The Hall–Kier alpha value is 0.200. The molecule has 0 saturated carbocycles. The van der Waals surface area contributed by atoms with Gasteiger partial charge in [0.25, 0.3) is 0 Å². The summed E-state index contributed by atoms with van der Waals surface area (Å²) in [5.41, 5.74) is 2.75. The summed E-state index contributed by atoms with van der Waals surface area (Å²) in [4.78, 5) is 0. The minimum absolute atomic E-state index is 0.0180. The van der Waals surface area contributed by atoms with Crippen LogP contribution in [0.15, 0.2) is 60.7 Å². The Bertz CT molecular complexity index is 984. The average molecular weight is 599 g/mol. The molecule has 0 fully saturated rings. The van der Waals surface area contributed by atoms with Crippen LogP contribution in [-0.4, -0.2) is 36.2 Å². The fraction of sp³-hybridized carbons (Fsp3) is 0.308. The van der Waals surface area contributed by atoms with Gasteiger partial charge in [0.15, 0.2) is 0 Å². The standard InChI is InChI=1S/2C12H14P.C2H6Si.2ClH.Zr/c2*1-9-7-10-5-4-6-12(13(2)3)11(10)8-9;1-3-2;;;/h2*4-8H,1-3H3;1-2H3;2*1H;/q2*-1;;;;+4/p-2. The summed E-state index contributed by atoms with van der Waals surface area (Å²) in [6, 6.07) is 22.4. The van der Waals surface area contributed by atoms with Crippen LogP contribution in [0.1, 0.15) is 11.1 Å². The molecule has 0 atom stereocenters. The molecule has 0 aliphatic carbocycles. The van der Waals surface area contributed by atoms with Crippen LogP contribution in [0.5, 0.6) is 0 Å². The summed E-state index contributed by atoms with van der Waals surface area (Å²) in [5, 5.41) is 8.76. The second-order valence-electron chi connectivity index (χ2n) is 7.99. The van der Waals surface area contributed by atoms with Gasteiger partial charge in [-0.25, -0.2) is 0 Å². The number of aryl methyl sites for hydroxylation is 2. The van der Waals surface area contributed by atoms with Crippen LogP contribution < -0.4 is 10.6 Å². The van der Waals surface area contributed by atoms with E-state index in [1.165, 1.54) is 43.3 Å². The van der Waals surface area contributed by atoms with Gasteiger partial charge in [0, 0.05) is 9.52 Å². The molecule has 0 unspecified atom stereocenters. The molecule has 6 heteroatoms. The fourth-order valence-electron chi connectivity index (χ4n) is 3.52. The Balaban J connectivity index is 0.000000258. The van der Waals surface area contributed by atoms with Crippen molar-refractivity contribution in [2.45, 2.75) is 26.9 Å². The first kappa shape index (κ1) is 30.2. The van der Waals surface area contributed by atoms with Gasteiger partial charge in [-0.1, -0.05) is 65.5 Å². The van der Waals surface area contributed by atoms with E-state index in [-0.39, 0.29) is 15.8 Å². The Morgan fingerprint density at radius 1 is 0.719 bits per heavy atom. The maximum absolute atomic E-state index is 4.93. The normalized spacial score (nSPS) is 10.1. The summed E-state index contributed by atoms with van der Waals surface area (Å²) in [6.07, 6.45) is 0. The maximum atomic E-state index is 4.93. The second-order valence-corrected chi connectivity index (χ2v) is 17.3. The van der Waals surface area contributed by atoms with Gasteiger partial charge in [0.2, 0.25) is 0 Å². The molecule has 2 radical (unpaired) electrons. The molecule has 170 valence electrons. The molecule has 0 heterocycles. The van der Waals surface area contributed by atoms with E-state index in [9.17, 15) is 0 Å². The predicted octanol–water partition coefficient (Wildman–Crippen LogP) is 8.63. The van der Waals surface area contributed by atoms with E-state index in [1.54, 1.807) is 0 Å². The van der Waals surface area contributed by atoms with E-state index in [1.807, 2.05) is 0 Å². The monoisotopic (exact) mass is 596 g/mol. The van der Waals surface area contributed by atoms with Crippen molar-refractivity contribution >= 4 is 74.5 Å². The zero-order chi connectivity index (χ0) is 24.3. The third-order valence-electron chi connectivity index (χ3n) is 4.71. The van der Waals surface area contributed by atoms with E-state index in [2.05, 4.69) is 114 Å². The minimum atomic E-state index is -0.826. The van der Waals surface area contributed by atoms with Gasteiger partial charge in [-0.15, -0.1) is 69.1 Å². The molecule has 0 saturated heterocycles. The van der Waals surface area contributed by atoms with Crippen molar-refractivity contribution in [1.82, 2.24) is 0 Å². The molecule has 0 aliphatic heterocycles. The van der Waals surface area contributed by atoms with E-state index < -0.39 is 20.8 Å². The molecule has 4 rings (SSSR count). The Morgan fingerprint density at radius 3 is 1.31 bits per heavy atom. The third kappa shape index (κ3) is 9.45. The first-order chi connectivity index (χ1) is 15.2. The summed E-state index contributed by atoms with van der Waals surface area (Å²) in [6.45, 7) is 17.9. The summed E-state index contributed by atoms with van der Waals surface area (Å²) >= 11 is -0.826. The zero-order valence-corrected chi connectivity index (χ0v) is 27.2. The molecule has 4 aromatic rings. The molecule has 0 bridgehead atoms. The predicted molar refractivity (Wildman–Crippen MR) is 155 cm³/mol. The van der Waals surface area contributed by atoms with Crippen molar-refractivity contribution in [1.29, 1.82) is 0 Å². The SMILES string of the molecule is C[Si]C.Cc1cc2c(P(C)C)cccc2[cH-]1.Cc1cc2c(P(C)C)cccc2[cH-]1.[Cl][Zr+2][Cl]. The molecule has 0 N–H and O–H groups in total. The van der Waals surface area contributed by atoms with Crippen molar-refractivity contribution in [2.24, 2.45) is 0 Å². The van der Waals surface area contributed by atoms with Gasteiger partial charge in [-0.2, -0.15) is 12.1 Å². The zero-order valence-electron chi connectivity index (χ0n) is 20.4.